The SMILES string of the molecule is CC1Oc2ccccc2N(CCC(=O)N2CCC(NC(=O)C3CC3)CC2)C1=O. The van der Waals surface area contributed by atoms with E-state index >= 15 is 0 Å². The van der Waals surface area contributed by atoms with E-state index in [0.717, 1.165) is 31.4 Å². The number of para-hydroxylation sites is 2. The number of amides is 3. The predicted octanol–water partition coefficient (Wildman–Crippen LogP) is 1.71. The number of fused-ring (bicyclic) bond motifs is 1. The molecule has 28 heavy (non-hydrogen) atoms. The van der Waals surface area contributed by atoms with Crippen molar-refractivity contribution in [3.05, 3.63) is 24.3 Å². The van der Waals surface area contributed by atoms with Crippen molar-refractivity contribution >= 4 is 23.4 Å². The highest BCUT2D eigenvalue weighted by Gasteiger charge is 2.33. The summed E-state index contributed by atoms with van der Waals surface area (Å²) in [5.74, 6) is 0.998. The number of piperidine rings is 1. The Morgan fingerprint density at radius 2 is 1.86 bits per heavy atom. The van der Waals surface area contributed by atoms with Crippen LogP contribution in [0.3, 0.4) is 0 Å². The van der Waals surface area contributed by atoms with E-state index in [9.17, 15) is 14.4 Å². The topological polar surface area (TPSA) is 79.0 Å². The molecule has 1 unspecified atom stereocenters. The normalized spacial score (nSPS) is 22.5. The molecule has 2 aliphatic heterocycles. The Labute approximate surface area is 165 Å². The number of likely N-dealkylation sites (tertiary alicyclic amines) is 1. The first-order valence-corrected chi connectivity index (χ1v) is 10.2. The van der Waals surface area contributed by atoms with Crippen molar-refractivity contribution in [1.82, 2.24) is 10.2 Å². The standard InChI is InChI=1S/C21H27N3O4/c1-14-21(27)24(17-4-2-3-5-18(17)28-14)13-10-19(25)23-11-8-16(9-12-23)22-20(26)15-6-7-15/h2-5,14-16H,6-13H2,1H3,(H,22,26). The highest BCUT2D eigenvalue weighted by Crippen LogP contribution is 2.33. The van der Waals surface area contributed by atoms with Crippen molar-refractivity contribution in [2.24, 2.45) is 5.92 Å². The largest absolute Gasteiger partial charge is 0.479 e. The van der Waals surface area contributed by atoms with Crippen LogP contribution in [0.25, 0.3) is 0 Å². The van der Waals surface area contributed by atoms with Gasteiger partial charge in [0, 0.05) is 38.0 Å². The summed E-state index contributed by atoms with van der Waals surface area (Å²) in [5, 5.41) is 3.10. The number of carbonyl (C=O) groups is 3. The molecular formula is C21H27N3O4. The molecule has 1 saturated heterocycles. The molecule has 2 fully saturated rings. The Morgan fingerprint density at radius 3 is 2.57 bits per heavy atom. The maximum atomic E-state index is 12.7. The minimum Gasteiger partial charge on any atom is -0.479 e. The van der Waals surface area contributed by atoms with Crippen molar-refractivity contribution in [1.29, 1.82) is 0 Å². The van der Waals surface area contributed by atoms with Crippen LogP contribution in [-0.2, 0) is 14.4 Å². The number of hydrogen-bond donors (Lipinski definition) is 1. The van der Waals surface area contributed by atoms with Gasteiger partial charge in [-0.1, -0.05) is 12.1 Å². The van der Waals surface area contributed by atoms with Gasteiger partial charge in [0.15, 0.2) is 6.10 Å². The number of benzene rings is 1. The molecule has 0 radical (unpaired) electrons. The third-order valence-corrected chi connectivity index (χ3v) is 5.77. The number of nitrogens with zero attached hydrogens (tertiary/aromatic N) is 2. The molecule has 2 heterocycles. The van der Waals surface area contributed by atoms with E-state index in [0.29, 0.717) is 25.4 Å². The Balaban J connectivity index is 1.29. The van der Waals surface area contributed by atoms with Crippen molar-refractivity contribution < 1.29 is 19.1 Å². The first-order chi connectivity index (χ1) is 13.5. The van der Waals surface area contributed by atoms with Gasteiger partial charge in [0.25, 0.3) is 5.91 Å². The summed E-state index contributed by atoms with van der Waals surface area (Å²) in [7, 11) is 0. The number of anilines is 1. The van der Waals surface area contributed by atoms with E-state index in [-0.39, 0.29) is 36.1 Å². The summed E-state index contributed by atoms with van der Waals surface area (Å²) in [5.41, 5.74) is 0.722. The summed E-state index contributed by atoms with van der Waals surface area (Å²) < 4.78 is 5.64. The van der Waals surface area contributed by atoms with Gasteiger partial charge in [0.1, 0.15) is 5.75 Å². The fourth-order valence-electron chi connectivity index (χ4n) is 3.89. The zero-order valence-corrected chi connectivity index (χ0v) is 16.2. The Bertz CT molecular complexity index is 769. The maximum absolute atomic E-state index is 12.7. The number of nitrogens with one attached hydrogen (secondary N) is 1. The average molecular weight is 385 g/mol. The van der Waals surface area contributed by atoms with Crippen molar-refractivity contribution in [2.75, 3.05) is 24.5 Å². The molecule has 0 spiro atoms. The molecule has 1 aromatic carbocycles. The van der Waals surface area contributed by atoms with Gasteiger partial charge in [0.05, 0.1) is 5.69 Å². The number of hydrogen-bond acceptors (Lipinski definition) is 4. The lowest BCUT2D eigenvalue weighted by Crippen LogP contribution is -2.48. The van der Waals surface area contributed by atoms with Gasteiger partial charge in [0.2, 0.25) is 11.8 Å². The fraction of sp³-hybridized carbons (Fsp3) is 0.571. The van der Waals surface area contributed by atoms with E-state index < -0.39 is 6.10 Å². The van der Waals surface area contributed by atoms with E-state index in [2.05, 4.69) is 5.32 Å². The molecule has 1 aliphatic carbocycles. The van der Waals surface area contributed by atoms with Gasteiger partial charge in [-0.15, -0.1) is 0 Å². The van der Waals surface area contributed by atoms with Crippen LogP contribution in [0.15, 0.2) is 24.3 Å². The highest BCUT2D eigenvalue weighted by atomic mass is 16.5. The molecule has 7 heteroatoms. The van der Waals surface area contributed by atoms with Crippen LogP contribution in [0, 0.1) is 5.92 Å². The fourth-order valence-corrected chi connectivity index (χ4v) is 3.89. The van der Waals surface area contributed by atoms with Gasteiger partial charge in [-0.3, -0.25) is 14.4 Å². The van der Waals surface area contributed by atoms with Crippen molar-refractivity contribution in [3.8, 4) is 5.75 Å². The van der Waals surface area contributed by atoms with Gasteiger partial charge in [-0.2, -0.15) is 0 Å². The number of carbonyl (C=O) groups excluding carboxylic acids is 3. The highest BCUT2D eigenvalue weighted by molar-refractivity contribution is 6.00. The van der Waals surface area contributed by atoms with Crippen LogP contribution >= 0.6 is 0 Å². The first kappa shape index (κ1) is 18.8. The average Bonchev–Trinajstić information content (AvgIpc) is 3.54. The van der Waals surface area contributed by atoms with Gasteiger partial charge in [-0.05, 0) is 44.7 Å². The molecule has 0 bridgehead atoms. The molecule has 0 aromatic heterocycles. The molecule has 1 saturated carbocycles. The molecule has 4 rings (SSSR count). The van der Waals surface area contributed by atoms with Crippen LogP contribution in [0.1, 0.15) is 39.0 Å². The van der Waals surface area contributed by atoms with Gasteiger partial charge in [-0.25, -0.2) is 0 Å². The third kappa shape index (κ3) is 3.98. The summed E-state index contributed by atoms with van der Waals surface area (Å²) in [6.45, 7) is 3.38. The lowest BCUT2D eigenvalue weighted by molar-refractivity contribution is -0.132. The van der Waals surface area contributed by atoms with E-state index in [1.54, 1.807) is 11.8 Å². The zero-order valence-electron chi connectivity index (χ0n) is 16.2. The van der Waals surface area contributed by atoms with Crippen LogP contribution < -0.4 is 15.0 Å². The summed E-state index contributed by atoms with van der Waals surface area (Å²) >= 11 is 0. The summed E-state index contributed by atoms with van der Waals surface area (Å²) in [6, 6.07) is 7.59. The van der Waals surface area contributed by atoms with Crippen LogP contribution in [0.2, 0.25) is 0 Å². The van der Waals surface area contributed by atoms with Crippen LogP contribution in [0.4, 0.5) is 5.69 Å². The minimum atomic E-state index is -0.546. The van der Waals surface area contributed by atoms with E-state index in [1.165, 1.54) is 0 Å². The quantitative estimate of drug-likeness (QED) is 0.837. The first-order valence-electron chi connectivity index (χ1n) is 10.2. The second-order valence-corrected chi connectivity index (χ2v) is 7.91. The molecule has 1 N–H and O–H groups in total. The van der Waals surface area contributed by atoms with E-state index in [1.807, 2.05) is 29.2 Å². The van der Waals surface area contributed by atoms with Gasteiger partial charge >= 0.3 is 0 Å². The second-order valence-electron chi connectivity index (χ2n) is 7.91. The third-order valence-electron chi connectivity index (χ3n) is 5.77. The lowest BCUT2D eigenvalue weighted by Gasteiger charge is -2.35. The molecule has 1 aromatic rings. The molecular weight excluding hydrogens is 358 g/mol. The smallest absolute Gasteiger partial charge is 0.267 e. The molecule has 150 valence electrons. The summed E-state index contributed by atoms with van der Waals surface area (Å²) in [6.07, 6.45) is 3.33. The summed E-state index contributed by atoms with van der Waals surface area (Å²) in [4.78, 5) is 40.6. The second kappa shape index (κ2) is 7.81. The van der Waals surface area contributed by atoms with Crippen molar-refractivity contribution in [2.45, 2.75) is 51.2 Å². The zero-order chi connectivity index (χ0) is 19.7. The van der Waals surface area contributed by atoms with E-state index in [4.69, 9.17) is 4.74 Å². The maximum Gasteiger partial charge on any atom is 0.267 e. The monoisotopic (exact) mass is 385 g/mol. The molecule has 3 amide bonds. The van der Waals surface area contributed by atoms with Crippen LogP contribution in [0.5, 0.6) is 5.75 Å². The van der Waals surface area contributed by atoms with Gasteiger partial charge < -0.3 is 19.9 Å². The Morgan fingerprint density at radius 1 is 1.14 bits per heavy atom. The molecule has 3 aliphatic rings. The van der Waals surface area contributed by atoms with Crippen molar-refractivity contribution in [3.63, 3.8) is 0 Å². The van der Waals surface area contributed by atoms with Crippen LogP contribution in [-0.4, -0.2) is 54.4 Å². The molecule has 7 nitrogen and oxygen atoms in total. The lowest BCUT2D eigenvalue weighted by atomic mass is 10.0. The number of rotatable bonds is 5. The molecule has 1 atom stereocenters. The minimum absolute atomic E-state index is 0.0522. The Hall–Kier alpha value is -2.57. The number of ether oxygens (including phenoxy) is 1. The predicted molar refractivity (Wildman–Crippen MR) is 104 cm³/mol. The Kier molecular flexibility index (Phi) is 5.24.